The Labute approximate surface area is 200 Å². The Morgan fingerprint density at radius 1 is 0.875 bits per heavy atom. The number of aliphatic hydroxyl groups is 2. The van der Waals surface area contributed by atoms with Crippen LogP contribution in [0.1, 0.15) is 31.2 Å². The number of ether oxygens (including phenoxy) is 1. The summed E-state index contributed by atoms with van der Waals surface area (Å²) < 4.78 is 5.79. The molecule has 2 N–H and O–H groups in total. The van der Waals surface area contributed by atoms with Crippen LogP contribution in [0.3, 0.4) is 0 Å². The molecule has 2 saturated heterocycles. The molecule has 5 nitrogen and oxygen atoms in total. The molecule has 0 spiro atoms. The molecular formula is C25H32Cl2N2O3. The molecule has 2 aliphatic rings. The Balaban J connectivity index is 1.24. The van der Waals surface area contributed by atoms with Gasteiger partial charge in [-0.15, -0.1) is 0 Å². The van der Waals surface area contributed by atoms with E-state index in [9.17, 15) is 10.2 Å². The van der Waals surface area contributed by atoms with Crippen LogP contribution in [-0.4, -0.2) is 65.6 Å². The van der Waals surface area contributed by atoms with Crippen molar-refractivity contribution in [2.75, 3.05) is 44.2 Å². The fourth-order valence-electron chi connectivity index (χ4n) is 4.71. The zero-order valence-corrected chi connectivity index (χ0v) is 20.1. The van der Waals surface area contributed by atoms with Crippen molar-refractivity contribution in [2.45, 2.75) is 43.8 Å². The van der Waals surface area contributed by atoms with Gasteiger partial charge in [-0.1, -0.05) is 41.4 Å². The first-order valence-electron chi connectivity index (χ1n) is 11.3. The van der Waals surface area contributed by atoms with E-state index >= 15 is 0 Å². The van der Waals surface area contributed by atoms with Crippen LogP contribution in [-0.2, 0) is 0 Å². The maximum Gasteiger partial charge on any atom is 0.121 e. The molecule has 0 bridgehead atoms. The van der Waals surface area contributed by atoms with E-state index in [0.717, 1.165) is 39.0 Å². The first-order chi connectivity index (χ1) is 15.3. The normalized spacial score (nSPS) is 20.8. The van der Waals surface area contributed by atoms with Crippen molar-refractivity contribution in [1.82, 2.24) is 4.90 Å². The fraction of sp³-hybridized carbons (Fsp3) is 0.520. The lowest BCUT2D eigenvalue weighted by Gasteiger charge is -2.44. The van der Waals surface area contributed by atoms with Gasteiger partial charge in [-0.2, -0.15) is 0 Å². The third kappa shape index (κ3) is 5.70. The zero-order chi connectivity index (χ0) is 22.8. The fourth-order valence-corrected chi connectivity index (χ4v) is 5.00. The highest BCUT2D eigenvalue weighted by Gasteiger charge is 2.38. The van der Waals surface area contributed by atoms with Crippen LogP contribution < -0.4 is 9.64 Å². The highest BCUT2D eigenvalue weighted by atomic mass is 35.5. The van der Waals surface area contributed by atoms with Gasteiger partial charge in [0, 0.05) is 44.5 Å². The van der Waals surface area contributed by atoms with Crippen LogP contribution in [0.15, 0.2) is 42.5 Å². The molecule has 2 aliphatic heterocycles. The molecule has 7 heteroatoms. The number of rotatable bonds is 6. The third-order valence-electron chi connectivity index (χ3n) is 6.85. The summed E-state index contributed by atoms with van der Waals surface area (Å²) in [5.74, 6) is 0.602. The monoisotopic (exact) mass is 478 g/mol. The number of nitrogens with zero attached hydrogens (tertiary/aromatic N) is 2. The number of β-amino-alcohol motifs (C(OH)–C–C–N with tert-alkyl or cyclic N) is 1. The average Bonchev–Trinajstić information content (AvgIpc) is 2.78. The summed E-state index contributed by atoms with van der Waals surface area (Å²) >= 11 is 12.0. The number of hydrogen-bond acceptors (Lipinski definition) is 5. The molecular weight excluding hydrogens is 447 g/mol. The van der Waals surface area contributed by atoms with Gasteiger partial charge < -0.3 is 24.7 Å². The van der Waals surface area contributed by atoms with Crippen LogP contribution in [0.25, 0.3) is 0 Å². The highest BCUT2D eigenvalue weighted by molar-refractivity contribution is 6.42. The Morgan fingerprint density at radius 3 is 2.19 bits per heavy atom. The summed E-state index contributed by atoms with van der Waals surface area (Å²) in [7, 11) is 0. The predicted molar refractivity (Wildman–Crippen MR) is 130 cm³/mol. The molecule has 0 aliphatic carbocycles. The number of hydrogen-bond donors (Lipinski definition) is 2. The summed E-state index contributed by atoms with van der Waals surface area (Å²) in [4.78, 5) is 4.65. The number of likely N-dealkylation sites (tertiary alicyclic amines) is 1. The number of aryl methyl sites for hydroxylation is 1. The zero-order valence-electron chi connectivity index (χ0n) is 18.6. The minimum atomic E-state index is -0.876. The quantitative estimate of drug-likeness (QED) is 0.638. The van der Waals surface area contributed by atoms with Crippen molar-refractivity contribution in [1.29, 1.82) is 0 Å². The number of benzene rings is 2. The second-order valence-electron chi connectivity index (χ2n) is 9.36. The highest BCUT2D eigenvalue weighted by Crippen LogP contribution is 2.32. The standard InChI is InChI=1S/C25H32Cl2N2O3/c1-19-4-2-3-5-23(19)29-14-10-24(30,11-15-29)17-28-12-8-25(31,9-13-28)18-32-20-6-7-21(26)22(27)16-20/h2-7,16,30-31H,8-15,17-18H2,1H3. The Bertz CT molecular complexity index is 923. The number of halogens is 2. The molecule has 0 aromatic heterocycles. The first-order valence-corrected chi connectivity index (χ1v) is 12.1. The van der Waals surface area contributed by atoms with Gasteiger partial charge in [0.15, 0.2) is 0 Å². The van der Waals surface area contributed by atoms with E-state index in [-0.39, 0.29) is 6.61 Å². The van der Waals surface area contributed by atoms with Gasteiger partial charge >= 0.3 is 0 Å². The molecule has 32 heavy (non-hydrogen) atoms. The molecule has 2 fully saturated rings. The van der Waals surface area contributed by atoms with E-state index in [2.05, 4.69) is 41.0 Å². The van der Waals surface area contributed by atoms with Crippen LogP contribution in [0, 0.1) is 6.92 Å². The van der Waals surface area contributed by atoms with Crippen molar-refractivity contribution in [3.8, 4) is 5.75 Å². The van der Waals surface area contributed by atoms with E-state index in [1.807, 2.05) is 0 Å². The minimum absolute atomic E-state index is 0.217. The molecule has 2 aromatic carbocycles. The first kappa shape index (κ1) is 23.7. The maximum absolute atomic E-state index is 11.2. The molecule has 0 atom stereocenters. The largest absolute Gasteiger partial charge is 0.491 e. The van der Waals surface area contributed by atoms with Gasteiger partial charge in [0.1, 0.15) is 18.0 Å². The lowest BCUT2D eigenvalue weighted by Crippen LogP contribution is -2.55. The molecule has 0 unspecified atom stereocenters. The minimum Gasteiger partial charge on any atom is -0.491 e. The predicted octanol–water partition coefficient (Wildman–Crippen LogP) is 4.54. The number of para-hydroxylation sites is 1. The van der Waals surface area contributed by atoms with Gasteiger partial charge in [-0.05, 0) is 56.4 Å². The number of anilines is 1. The van der Waals surface area contributed by atoms with Gasteiger partial charge in [-0.3, -0.25) is 0 Å². The van der Waals surface area contributed by atoms with Crippen molar-refractivity contribution >= 4 is 28.9 Å². The lowest BCUT2D eigenvalue weighted by atomic mass is 9.87. The van der Waals surface area contributed by atoms with Crippen molar-refractivity contribution < 1.29 is 14.9 Å². The van der Waals surface area contributed by atoms with E-state index in [1.165, 1.54) is 11.3 Å². The van der Waals surface area contributed by atoms with Crippen molar-refractivity contribution in [3.63, 3.8) is 0 Å². The summed E-state index contributed by atoms with van der Waals surface area (Å²) in [5, 5.41) is 23.1. The molecule has 0 amide bonds. The topological polar surface area (TPSA) is 56.2 Å². The molecule has 2 heterocycles. The third-order valence-corrected chi connectivity index (χ3v) is 7.59. The summed E-state index contributed by atoms with van der Waals surface area (Å²) in [5.41, 5.74) is 0.987. The molecule has 4 rings (SSSR count). The van der Waals surface area contributed by atoms with Gasteiger partial charge in [0.2, 0.25) is 0 Å². The second kappa shape index (κ2) is 9.78. The second-order valence-corrected chi connectivity index (χ2v) is 10.2. The van der Waals surface area contributed by atoms with Crippen LogP contribution in [0.4, 0.5) is 5.69 Å². The van der Waals surface area contributed by atoms with Gasteiger partial charge in [-0.25, -0.2) is 0 Å². The van der Waals surface area contributed by atoms with Gasteiger partial charge in [0.25, 0.3) is 0 Å². The van der Waals surface area contributed by atoms with E-state index < -0.39 is 11.2 Å². The molecule has 2 aromatic rings. The Kier molecular flexibility index (Phi) is 7.23. The van der Waals surface area contributed by atoms with E-state index in [4.69, 9.17) is 27.9 Å². The summed E-state index contributed by atoms with van der Waals surface area (Å²) in [6.45, 7) is 6.20. The SMILES string of the molecule is Cc1ccccc1N1CCC(O)(CN2CCC(O)(COc3ccc(Cl)c(Cl)c3)CC2)CC1. The lowest BCUT2D eigenvalue weighted by molar-refractivity contribution is -0.0747. The van der Waals surface area contributed by atoms with E-state index in [0.29, 0.717) is 35.2 Å². The molecule has 174 valence electrons. The summed E-state index contributed by atoms with van der Waals surface area (Å²) in [6.07, 6.45) is 2.73. The van der Waals surface area contributed by atoms with Crippen molar-refractivity contribution in [3.05, 3.63) is 58.1 Å². The molecule has 0 radical (unpaired) electrons. The summed E-state index contributed by atoms with van der Waals surface area (Å²) in [6, 6.07) is 13.5. The molecule has 0 saturated carbocycles. The van der Waals surface area contributed by atoms with Crippen LogP contribution in [0.5, 0.6) is 5.75 Å². The maximum atomic E-state index is 11.2. The van der Waals surface area contributed by atoms with Crippen LogP contribution >= 0.6 is 23.2 Å². The Morgan fingerprint density at radius 2 is 1.53 bits per heavy atom. The Hall–Kier alpha value is -1.50. The smallest absolute Gasteiger partial charge is 0.121 e. The number of piperidine rings is 2. The van der Waals surface area contributed by atoms with Crippen molar-refractivity contribution in [2.24, 2.45) is 0 Å². The van der Waals surface area contributed by atoms with Crippen LogP contribution in [0.2, 0.25) is 10.0 Å². The van der Waals surface area contributed by atoms with E-state index in [1.54, 1.807) is 18.2 Å². The van der Waals surface area contributed by atoms with Gasteiger partial charge in [0.05, 0.1) is 15.6 Å². The average molecular weight is 479 g/mol.